The Kier molecular flexibility index (Phi) is 5.23. The minimum absolute atomic E-state index is 0.0741. The molecule has 0 heterocycles. The molecule has 0 aliphatic rings. The normalized spacial score (nSPS) is 10.2. The molecule has 2 aromatic carbocycles. The van der Waals surface area contributed by atoms with Crippen molar-refractivity contribution in [1.29, 1.82) is 5.41 Å². The maximum absolute atomic E-state index is 10.4. The van der Waals surface area contributed by atoms with Crippen molar-refractivity contribution in [1.82, 2.24) is 0 Å². The Balaban J connectivity index is 0.000000191. The lowest BCUT2D eigenvalue weighted by molar-refractivity contribution is 0.483. The van der Waals surface area contributed by atoms with Gasteiger partial charge in [-0.05, 0) is 12.1 Å². The molecule has 100 valence electrons. The second kappa shape index (κ2) is 6.67. The van der Waals surface area contributed by atoms with E-state index in [0.717, 1.165) is 5.56 Å². The third-order valence-corrected chi connectivity index (χ3v) is 2.99. The average molecular weight is 278 g/mol. The number of amidine groups is 1. The number of nitrogens with two attached hydrogens (primary N) is 1. The summed E-state index contributed by atoms with van der Waals surface area (Å²) in [4.78, 5) is -0.0741. The highest BCUT2D eigenvalue weighted by molar-refractivity contribution is 7.85. The van der Waals surface area contributed by atoms with E-state index in [0.29, 0.717) is 0 Å². The summed E-state index contributed by atoms with van der Waals surface area (Å²) in [5, 5.41) is 7.01. The van der Waals surface area contributed by atoms with Crippen LogP contribution < -0.4 is 5.73 Å². The average Bonchev–Trinajstić information content (AvgIpc) is 2.40. The predicted octanol–water partition coefficient (Wildman–Crippen LogP) is 1.90. The lowest BCUT2D eigenvalue weighted by Gasteiger charge is -1.93. The summed E-state index contributed by atoms with van der Waals surface area (Å²) in [6.45, 7) is 0. The van der Waals surface area contributed by atoms with Crippen molar-refractivity contribution < 1.29 is 13.0 Å². The molecule has 0 aromatic heterocycles. The highest BCUT2D eigenvalue weighted by atomic mass is 32.2. The molecule has 5 nitrogen and oxygen atoms in total. The van der Waals surface area contributed by atoms with Gasteiger partial charge in [-0.3, -0.25) is 9.96 Å². The van der Waals surface area contributed by atoms with Gasteiger partial charge in [0, 0.05) is 5.56 Å². The van der Waals surface area contributed by atoms with E-state index in [2.05, 4.69) is 0 Å². The van der Waals surface area contributed by atoms with Crippen molar-refractivity contribution in [2.24, 2.45) is 5.73 Å². The van der Waals surface area contributed by atoms with Crippen LogP contribution in [-0.4, -0.2) is 18.8 Å². The number of nitrogen functional groups attached to an aromatic ring is 1. The van der Waals surface area contributed by atoms with Gasteiger partial charge in [0.1, 0.15) is 5.84 Å². The monoisotopic (exact) mass is 278 g/mol. The van der Waals surface area contributed by atoms with Crippen LogP contribution in [0.1, 0.15) is 5.56 Å². The molecule has 0 spiro atoms. The number of rotatable bonds is 2. The smallest absolute Gasteiger partial charge is 0.294 e. The second-order valence-corrected chi connectivity index (χ2v) is 4.99. The summed E-state index contributed by atoms with van der Waals surface area (Å²) < 4.78 is 29.2. The standard InChI is InChI=1S/C7H8N2.C6H6O3S/c8-7(9)6-4-2-1-3-5-6;7-10(8,9)6-4-2-1-3-5-6/h1-5H,(H3,8,9);1-5H,(H,7,8,9). The first-order valence-electron chi connectivity index (χ1n) is 5.33. The number of hydrogen-bond donors (Lipinski definition) is 3. The number of hydrogen-bond acceptors (Lipinski definition) is 3. The Morgan fingerprint density at radius 2 is 1.37 bits per heavy atom. The lowest BCUT2D eigenvalue weighted by Crippen LogP contribution is -2.10. The highest BCUT2D eigenvalue weighted by Crippen LogP contribution is 2.05. The molecule has 4 N–H and O–H groups in total. The molecule has 0 saturated carbocycles. The van der Waals surface area contributed by atoms with Gasteiger partial charge >= 0.3 is 0 Å². The van der Waals surface area contributed by atoms with Crippen LogP contribution in [0.25, 0.3) is 0 Å². The van der Waals surface area contributed by atoms with Crippen LogP contribution >= 0.6 is 0 Å². The van der Waals surface area contributed by atoms with Crippen molar-refractivity contribution in [2.75, 3.05) is 0 Å². The lowest BCUT2D eigenvalue weighted by atomic mass is 10.2. The minimum atomic E-state index is -4.00. The molecule has 0 amide bonds. The maximum Gasteiger partial charge on any atom is 0.294 e. The van der Waals surface area contributed by atoms with Crippen LogP contribution in [0.2, 0.25) is 0 Å². The quantitative estimate of drug-likeness (QED) is 0.443. The van der Waals surface area contributed by atoms with E-state index < -0.39 is 10.1 Å². The van der Waals surface area contributed by atoms with E-state index in [1.807, 2.05) is 30.3 Å². The van der Waals surface area contributed by atoms with Crippen molar-refractivity contribution in [3.8, 4) is 0 Å². The summed E-state index contributed by atoms with van der Waals surface area (Å²) in [5.74, 6) is 0.121. The van der Waals surface area contributed by atoms with Gasteiger partial charge in [0.25, 0.3) is 10.1 Å². The topological polar surface area (TPSA) is 104 Å². The third kappa shape index (κ3) is 5.33. The first-order valence-corrected chi connectivity index (χ1v) is 6.77. The van der Waals surface area contributed by atoms with Crippen LogP contribution in [0.15, 0.2) is 65.6 Å². The molecule has 0 aliphatic heterocycles. The first kappa shape index (κ1) is 14.9. The van der Waals surface area contributed by atoms with Gasteiger partial charge in [-0.2, -0.15) is 8.42 Å². The molecule has 0 radical (unpaired) electrons. The van der Waals surface area contributed by atoms with Crippen molar-refractivity contribution in [3.63, 3.8) is 0 Å². The van der Waals surface area contributed by atoms with E-state index in [-0.39, 0.29) is 10.7 Å². The fraction of sp³-hybridized carbons (Fsp3) is 0. The second-order valence-electron chi connectivity index (χ2n) is 3.57. The van der Waals surface area contributed by atoms with Crippen LogP contribution in [0.3, 0.4) is 0 Å². The molecule has 0 unspecified atom stereocenters. The highest BCUT2D eigenvalue weighted by Gasteiger charge is 2.05. The molecule has 0 atom stereocenters. The first-order chi connectivity index (χ1) is 8.91. The molecule has 0 aliphatic carbocycles. The zero-order chi connectivity index (χ0) is 14.3. The summed E-state index contributed by atoms with van der Waals surface area (Å²) in [7, 11) is -4.00. The summed E-state index contributed by atoms with van der Waals surface area (Å²) in [6.07, 6.45) is 0. The molecular formula is C13H14N2O3S. The van der Waals surface area contributed by atoms with Crippen LogP contribution in [0, 0.1) is 5.41 Å². The van der Waals surface area contributed by atoms with Crippen molar-refractivity contribution >= 4 is 16.0 Å². The Hall–Kier alpha value is -2.18. The van der Waals surface area contributed by atoms with Gasteiger partial charge in [-0.25, -0.2) is 0 Å². The molecule has 19 heavy (non-hydrogen) atoms. The zero-order valence-corrected chi connectivity index (χ0v) is 10.8. The van der Waals surface area contributed by atoms with Crippen molar-refractivity contribution in [3.05, 3.63) is 66.2 Å². The maximum atomic E-state index is 10.4. The molecule has 2 rings (SSSR count). The zero-order valence-electron chi connectivity index (χ0n) is 10.0. The molecule has 2 aromatic rings. The largest absolute Gasteiger partial charge is 0.384 e. The van der Waals surface area contributed by atoms with Gasteiger partial charge in [0.15, 0.2) is 0 Å². The van der Waals surface area contributed by atoms with Crippen LogP contribution in [-0.2, 0) is 10.1 Å². The Morgan fingerprint density at radius 3 is 1.63 bits per heavy atom. The van der Waals surface area contributed by atoms with Crippen molar-refractivity contribution in [2.45, 2.75) is 4.90 Å². The van der Waals surface area contributed by atoms with E-state index in [4.69, 9.17) is 15.7 Å². The van der Waals surface area contributed by atoms with Gasteiger partial charge < -0.3 is 5.73 Å². The Bertz CT molecular complexity index is 625. The van der Waals surface area contributed by atoms with Gasteiger partial charge in [-0.1, -0.05) is 48.5 Å². The summed E-state index contributed by atoms with van der Waals surface area (Å²) in [5.41, 5.74) is 5.97. The van der Waals surface area contributed by atoms with E-state index in [1.165, 1.54) is 12.1 Å². The third-order valence-electron chi connectivity index (χ3n) is 2.13. The Labute approximate surface area is 112 Å². The SMILES string of the molecule is N=C(N)c1ccccc1.O=S(=O)(O)c1ccccc1. The Morgan fingerprint density at radius 1 is 0.947 bits per heavy atom. The van der Waals surface area contributed by atoms with Crippen LogP contribution in [0.4, 0.5) is 0 Å². The molecule has 0 saturated heterocycles. The van der Waals surface area contributed by atoms with Gasteiger partial charge in [0.05, 0.1) is 4.90 Å². The van der Waals surface area contributed by atoms with E-state index in [9.17, 15) is 8.42 Å². The summed E-state index contributed by atoms with van der Waals surface area (Å²) >= 11 is 0. The fourth-order valence-electron chi connectivity index (χ4n) is 1.21. The van der Waals surface area contributed by atoms with E-state index >= 15 is 0 Å². The summed E-state index contributed by atoms with van der Waals surface area (Å²) in [6, 6.07) is 16.6. The molecule has 0 bridgehead atoms. The molecular weight excluding hydrogens is 264 g/mol. The molecule has 6 heteroatoms. The van der Waals surface area contributed by atoms with Gasteiger partial charge in [-0.15, -0.1) is 0 Å². The minimum Gasteiger partial charge on any atom is -0.384 e. The fourth-order valence-corrected chi connectivity index (χ4v) is 1.71. The molecule has 0 fully saturated rings. The van der Waals surface area contributed by atoms with E-state index in [1.54, 1.807) is 18.2 Å². The number of benzene rings is 2. The predicted molar refractivity (Wildman–Crippen MR) is 73.7 cm³/mol. The van der Waals surface area contributed by atoms with Crippen LogP contribution in [0.5, 0.6) is 0 Å². The number of nitrogens with one attached hydrogen (secondary N) is 1. The van der Waals surface area contributed by atoms with Gasteiger partial charge in [0.2, 0.25) is 0 Å².